The predicted octanol–water partition coefficient (Wildman–Crippen LogP) is 5.17. The zero-order valence-electron chi connectivity index (χ0n) is 17.9. The van der Waals surface area contributed by atoms with Crippen LogP contribution in [-0.2, 0) is 22.3 Å². The lowest BCUT2D eigenvalue weighted by molar-refractivity contribution is 0.172. The molecule has 1 aromatic heterocycles. The number of nitrogens with zero attached hydrogens (tertiary/aromatic N) is 2. The standard InChI is InChI=1S/C18H36BrN3O2SSi/c1-13(24-26(9,10)18(6,7)8)12-22-15(11-16(19)20-22)14(2)21-25(23)17(3,4)5/h11,13-14,21H,12H2,1-10H3/t13?,14?,25-/m1/s1. The van der Waals surface area contributed by atoms with E-state index < -0.39 is 19.7 Å². The molecule has 5 nitrogen and oxygen atoms in total. The molecule has 0 fully saturated rings. The molecule has 1 heterocycles. The Morgan fingerprint density at radius 3 is 2.27 bits per heavy atom. The third kappa shape index (κ3) is 6.63. The van der Waals surface area contributed by atoms with Crippen molar-refractivity contribution in [3.63, 3.8) is 0 Å². The maximum atomic E-state index is 12.4. The lowest BCUT2D eigenvalue weighted by atomic mass is 10.2. The van der Waals surface area contributed by atoms with Gasteiger partial charge in [0.2, 0.25) is 0 Å². The minimum atomic E-state index is -1.83. The van der Waals surface area contributed by atoms with Crippen molar-refractivity contribution in [3.8, 4) is 0 Å². The van der Waals surface area contributed by atoms with Crippen molar-refractivity contribution in [1.29, 1.82) is 0 Å². The van der Waals surface area contributed by atoms with Crippen LogP contribution in [0.25, 0.3) is 0 Å². The topological polar surface area (TPSA) is 62.1 Å². The highest BCUT2D eigenvalue weighted by Gasteiger charge is 2.38. The number of halogens is 1. The fraction of sp³-hybridized carbons (Fsp3) is 0.833. The lowest BCUT2D eigenvalue weighted by Gasteiger charge is -2.38. The minimum Gasteiger partial charge on any atom is -0.598 e. The van der Waals surface area contributed by atoms with Crippen LogP contribution in [0, 0.1) is 0 Å². The average Bonchev–Trinajstić information content (AvgIpc) is 2.76. The first-order valence-electron chi connectivity index (χ1n) is 9.13. The molecule has 1 aromatic rings. The molecule has 0 saturated carbocycles. The van der Waals surface area contributed by atoms with Gasteiger partial charge in [-0.25, -0.2) is 0 Å². The van der Waals surface area contributed by atoms with E-state index in [0.717, 1.165) is 10.3 Å². The number of hydrogen-bond acceptors (Lipinski definition) is 4. The third-order valence-corrected chi connectivity index (χ3v) is 11.5. The van der Waals surface area contributed by atoms with Crippen LogP contribution in [0.4, 0.5) is 0 Å². The smallest absolute Gasteiger partial charge is 0.192 e. The highest BCUT2D eigenvalue weighted by molar-refractivity contribution is 9.10. The summed E-state index contributed by atoms with van der Waals surface area (Å²) in [6.07, 6.45) is 0.0572. The van der Waals surface area contributed by atoms with E-state index in [2.05, 4.69) is 66.5 Å². The summed E-state index contributed by atoms with van der Waals surface area (Å²) in [5.41, 5.74) is 1.00. The summed E-state index contributed by atoms with van der Waals surface area (Å²) in [6, 6.07) is 1.91. The summed E-state index contributed by atoms with van der Waals surface area (Å²) in [4.78, 5) is 0. The quantitative estimate of drug-likeness (QED) is 0.445. The van der Waals surface area contributed by atoms with Gasteiger partial charge in [-0.2, -0.15) is 5.10 Å². The first-order valence-corrected chi connectivity index (χ1v) is 14.0. The van der Waals surface area contributed by atoms with E-state index in [1.807, 2.05) is 38.4 Å². The van der Waals surface area contributed by atoms with Crippen LogP contribution in [0.2, 0.25) is 18.1 Å². The predicted molar refractivity (Wildman–Crippen MR) is 117 cm³/mol. The molecule has 1 rings (SSSR count). The minimum absolute atomic E-state index is 0.0572. The molecule has 0 bridgehead atoms. The van der Waals surface area contributed by atoms with Crippen LogP contribution in [0.3, 0.4) is 0 Å². The van der Waals surface area contributed by atoms with Crippen LogP contribution in [0.15, 0.2) is 10.7 Å². The average molecular weight is 467 g/mol. The molecule has 0 radical (unpaired) electrons. The van der Waals surface area contributed by atoms with Gasteiger partial charge in [-0.1, -0.05) is 20.8 Å². The summed E-state index contributed by atoms with van der Waals surface area (Å²) >= 11 is 2.33. The van der Waals surface area contributed by atoms with E-state index in [9.17, 15) is 4.55 Å². The fourth-order valence-electron chi connectivity index (χ4n) is 2.25. The van der Waals surface area contributed by atoms with Crippen molar-refractivity contribution in [2.75, 3.05) is 0 Å². The summed E-state index contributed by atoms with van der Waals surface area (Å²) in [5, 5.41) is 4.74. The Morgan fingerprint density at radius 2 is 1.81 bits per heavy atom. The molecule has 1 N–H and O–H groups in total. The third-order valence-electron chi connectivity index (χ3n) is 4.80. The van der Waals surface area contributed by atoms with E-state index >= 15 is 0 Å². The SMILES string of the molecule is CC(Cn1nc(Br)cc1C(C)N[S@+]([O-])C(C)(C)C)O[Si](C)(C)C(C)(C)C. The van der Waals surface area contributed by atoms with Crippen molar-refractivity contribution in [2.45, 2.75) is 97.0 Å². The van der Waals surface area contributed by atoms with E-state index in [1.54, 1.807) is 0 Å². The van der Waals surface area contributed by atoms with Crippen molar-refractivity contribution in [3.05, 3.63) is 16.4 Å². The summed E-state index contributed by atoms with van der Waals surface area (Å²) in [5.74, 6) is 0. The zero-order valence-corrected chi connectivity index (χ0v) is 21.3. The molecule has 8 heteroatoms. The Bertz CT molecular complexity index is 596. The first kappa shape index (κ1) is 24.2. The van der Waals surface area contributed by atoms with Gasteiger partial charge in [-0.15, -0.1) is 4.72 Å². The van der Waals surface area contributed by atoms with Crippen LogP contribution in [-0.4, -0.2) is 33.5 Å². The van der Waals surface area contributed by atoms with Crippen molar-refractivity contribution >= 4 is 35.6 Å². The number of rotatable bonds is 7. The molecule has 0 aliphatic carbocycles. The van der Waals surface area contributed by atoms with Crippen molar-refractivity contribution in [2.24, 2.45) is 0 Å². The van der Waals surface area contributed by atoms with Gasteiger partial charge in [0.25, 0.3) is 0 Å². The second kappa shape index (κ2) is 8.65. The van der Waals surface area contributed by atoms with E-state index in [4.69, 9.17) is 4.43 Å². The van der Waals surface area contributed by atoms with Gasteiger partial charge in [-0.05, 0) is 74.7 Å². The van der Waals surface area contributed by atoms with E-state index in [-0.39, 0.29) is 21.9 Å². The number of nitrogens with one attached hydrogen (secondary N) is 1. The Morgan fingerprint density at radius 1 is 1.27 bits per heavy atom. The summed E-state index contributed by atoms with van der Waals surface area (Å²) in [7, 11) is -1.83. The highest BCUT2D eigenvalue weighted by atomic mass is 79.9. The Labute approximate surface area is 172 Å². The Kier molecular flexibility index (Phi) is 8.05. The van der Waals surface area contributed by atoms with Gasteiger partial charge in [0.05, 0.1) is 24.4 Å². The molecular weight excluding hydrogens is 430 g/mol. The molecule has 0 aliphatic rings. The van der Waals surface area contributed by atoms with E-state index in [1.165, 1.54) is 0 Å². The maximum absolute atomic E-state index is 12.4. The van der Waals surface area contributed by atoms with Crippen molar-refractivity contribution < 1.29 is 8.98 Å². The van der Waals surface area contributed by atoms with Gasteiger partial charge >= 0.3 is 0 Å². The molecule has 3 atom stereocenters. The molecule has 0 aliphatic heterocycles. The van der Waals surface area contributed by atoms with Crippen LogP contribution < -0.4 is 4.72 Å². The molecule has 0 spiro atoms. The molecule has 0 amide bonds. The molecule has 2 unspecified atom stereocenters. The van der Waals surface area contributed by atoms with Crippen LogP contribution in [0.5, 0.6) is 0 Å². The molecule has 26 heavy (non-hydrogen) atoms. The summed E-state index contributed by atoms with van der Waals surface area (Å²) < 4.78 is 24.5. The number of hydrogen-bond donors (Lipinski definition) is 1. The maximum Gasteiger partial charge on any atom is 0.192 e. The normalized spacial score (nSPS) is 17.2. The first-order chi connectivity index (χ1) is 11.5. The monoisotopic (exact) mass is 465 g/mol. The van der Waals surface area contributed by atoms with Gasteiger partial charge in [0, 0.05) is 11.4 Å². The second-order valence-electron chi connectivity index (χ2n) is 9.48. The largest absolute Gasteiger partial charge is 0.598 e. The van der Waals surface area contributed by atoms with E-state index in [0.29, 0.717) is 6.54 Å². The lowest BCUT2D eigenvalue weighted by Crippen LogP contribution is -2.44. The van der Waals surface area contributed by atoms with Gasteiger partial charge in [0.1, 0.15) is 9.35 Å². The van der Waals surface area contributed by atoms with Gasteiger partial charge < -0.3 is 8.98 Å². The Hall–Kier alpha value is 0.137. The van der Waals surface area contributed by atoms with Gasteiger partial charge in [0.15, 0.2) is 8.32 Å². The van der Waals surface area contributed by atoms with Crippen LogP contribution in [0.1, 0.15) is 67.1 Å². The van der Waals surface area contributed by atoms with Gasteiger partial charge in [-0.3, -0.25) is 4.68 Å². The van der Waals surface area contributed by atoms with Crippen LogP contribution >= 0.6 is 15.9 Å². The van der Waals surface area contributed by atoms with Crippen molar-refractivity contribution in [1.82, 2.24) is 14.5 Å². The zero-order chi connectivity index (χ0) is 20.5. The molecule has 0 aromatic carbocycles. The Balaban J connectivity index is 2.89. The number of aromatic nitrogens is 2. The fourth-order valence-corrected chi connectivity index (χ4v) is 4.91. The summed E-state index contributed by atoms with van der Waals surface area (Å²) in [6.45, 7) is 21.9. The second-order valence-corrected chi connectivity index (χ2v) is 17.1. The molecule has 152 valence electrons. The highest BCUT2D eigenvalue weighted by Crippen LogP contribution is 2.37. The molecule has 0 saturated heterocycles. The molecular formula is C18H36BrN3O2SSi.